The van der Waals surface area contributed by atoms with Crippen molar-refractivity contribution in [2.75, 3.05) is 0 Å². The summed E-state index contributed by atoms with van der Waals surface area (Å²) in [5, 5.41) is 21.7. The number of ketones is 2. The normalized spacial score (nSPS) is 22.7. The molecule has 1 aromatic rings. The van der Waals surface area contributed by atoms with E-state index in [-0.39, 0.29) is 34.4 Å². The van der Waals surface area contributed by atoms with E-state index in [1.807, 2.05) is 0 Å². The summed E-state index contributed by atoms with van der Waals surface area (Å²) in [4.78, 5) is 35.3. The maximum absolute atomic E-state index is 11.8. The van der Waals surface area contributed by atoms with E-state index in [9.17, 15) is 24.6 Å². The van der Waals surface area contributed by atoms with Gasteiger partial charge in [-0.2, -0.15) is 0 Å². The van der Waals surface area contributed by atoms with Crippen LogP contribution in [-0.4, -0.2) is 28.7 Å². The third kappa shape index (κ3) is 2.89. The Hall–Kier alpha value is -3.67. The van der Waals surface area contributed by atoms with Gasteiger partial charge in [0.15, 0.2) is 11.6 Å². The third-order valence-corrected chi connectivity index (χ3v) is 4.94. The van der Waals surface area contributed by atoms with E-state index in [1.165, 1.54) is 37.3 Å². The van der Waals surface area contributed by atoms with Crippen molar-refractivity contribution in [3.8, 4) is 0 Å². The number of carbonyl (C=O) groups excluding carboxylic acids is 3. The van der Waals surface area contributed by atoms with E-state index in [1.54, 1.807) is 24.3 Å². The van der Waals surface area contributed by atoms with Crippen LogP contribution in [0.4, 0.5) is 0 Å². The number of benzene rings is 1. The van der Waals surface area contributed by atoms with Gasteiger partial charge < -0.3 is 19.7 Å². The number of carbonyl (C=O) groups is 3. The number of rotatable bonds is 3. The first kappa shape index (κ1) is 17.7. The molecule has 0 fully saturated rings. The number of carboxylic acids is 1. The SMILES string of the molecule is CC(=O)c1ccc(C2=C3C=CC(=O)C=C3OC3C=C(O)C=CC23)c(C(=O)[O-])c1. The van der Waals surface area contributed by atoms with E-state index in [4.69, 9.17) is 4.74 Å². The number of carboxylic acid groups (broad SMARTS) is 1. The van der Waals surface area contributed by atoms with Crippen LogP contribution in [0.2, 0.25) is 0 Å². The lowest BCUT2D eigenvalue weighted by atomic mass is 9.77. The topological polar surface area (TPSA) is 104 Å². The molecule has 1 N–H and O–H groups in total. The number of allylic oxidation sites excluding steroid dienone is 4. The maximum atomic E-state index is 11.8. The maximum Gasteiger partial charge on any atom is 0.182 e. The lowest BCUT2D eigenvalue weighted by Gasteiger charge is -2.37. The number of hydrogen-bond acceptors (Lipinski definition) is 6. The zero-order chi connectivity index (χ0) is 20.0. The van der Waals surface area contributed by atoms with Gasteiger partial charge in [0, 0.05) is 28.7 Å². The number of Topliss-reactive ketones (excluding diaryl/α,β-unsaturated/α-hetero) is 1. The van der Waals surface area contributed by atoms with Crippen molar-refractivity contribution in [2.45, 2.75) is 13.0 Å². The summed E-state index contributed by atoms with van der Waals surface area (Å²) in [6, 6.07) is 4.43. The Bertz CT molecular complexity index is 1080. The Morgan fingerprint density at radius 3 is 2.68 bits per heavy atom. The predicted octanol–water partition coefficient (Wildman–Crippen LogP) is 2.06. The quantitative estimate of drug-likeness (QED) is 0.811. The molecule has 4 rings (SSSR count). The Kier molecular flexibility index (Phi) is 4.11. The molecule has 1 aliphatic heterocycles. The highest BCUT2D eigenvalue weighted by molar-refractivity contribution is 6.05. The minimum atomic E-state index is -1.41. The van der Waals surface area contributed by atoms with Gasteiger partial charge >= 0.3 is 0 Å². The Morgan fingerprint density at radius 1 is 1.18 bits per heavy atom. The number of aromatic carboxylic acids is 1. The van der Waals surface area contributed by atoms with Gasteiger partial charge in [0.05, 0.1) is 5.97 Å². The van der Waals surface area contributed by atoms with E-state index in [2.05, 4.69) is 0 Å². The predicted molar refractivity (Wildman–Crippen MR) is 98.1 cm³/mol. The van der Waals surface area contributed by atoms with Crippen LogP contribution in [0.1, 0.15) is 33.2 Å². The number of hydrogen-bond donors (Lipinski definition) is 1. The van der Waals surface area contributed by atoms with Crippen molar-refractivity contribution in [2.24, 2.45) is 5.92 Å². The summed E-state index contributed by atoms with van der Waals surface area (Å²) in [5.41, 5.74) is 1.73. The average Bonchev–Trinajstić information content (AvgIpc) is 2.65. The number of aliphatic hydroxyl groups excluding tert-OH is 1. The van der Waals surface area contributed by atoms with Crippen LogP contribution in [0, 0.1) is 5.92 Å². The van der Waals surface area contributed by atoms with Gasteiger partial charge in [-0.3, -0.25) is 9.59 Å². The summed E-state index contributed by atoms with van der Waals surface area (Å²) in [6.45, 7) is 1.36. The molecule has 140 valence electrons. The van der Waals surface area contributed by atoms with Crippen LogP contribution in [0.3, 0.4) is 0 Å². The zero-order valence-corrected chi connectivity index (χ0v) is 14.8. The smallest absolute Gasteiger partial charge is 0.182 e. The molecule has 0 aromatic heterocycles. The summed E-state index contributed by atoms with van der Waals surface area (Å²) in [5.74, 6) is -1.97. The summed E-state index contributed by atoms with van der Waals surface area (Å²) >= 11 is 0. The van der Waals surface area contributed by atoms with Gasteiger partial charge in [0.2, 0.25) is 0 Å². The molecule has 0 saturated carbocycles. The molecule has 1 heterocycles. The highest BCUT2D eigenvalue weighted by Gasteiger charge is 2.37. The minimum Gasteiger partial charge on any atom is -0.545 e. The van der Waals surface area contributed by atoms with Crippen LogP contribution < -0.4 is 5.11 Å². The van der Waals surface area contributed by atoms with Crippen molar-refractivity contribution >= 4 is 23.1 Å². The largest absolute Gasteiger partial charge is 0.545 e. The Morgan fingerprint density at radius 2 is 1.96 bits per heavy atom. The van der Waals surface area contributed by atoms with Gasteiger partial charge in [0.25, 0.3) is 0 Å². The number of ether oxygens (including phenoxy) is 1. The lowest BCUT2D eigenvalue weighted by Crippen LogP contribution is -2.32. The number of aliphatic hydroxyl groups is 1. The second kappa shape index (κ2) is 6.49. The molecule has 6 heteroatoms. The first-order valence-electron chi connectivity index (χ1n) is 8.66. The summed E-state index contributed by atoms with van der Waals surface area (Å²) in [6.07, 6.45) is 8.45. The second-order valence-corrected chi connectivity index (χ2v) is 6.73. The third-order valence-electron chi connectivity index (χ3n) is 4.94. The monoisotopic (exact) mass is 375 g/mol. The molecule has 0 radical (unpaired) electrons. The van der Waals surface area contributed by atoms with Gasteiger partial charge in [0.1, 0.15) is 17.6 Å². The van der Waals surface area contributed by atoms with E-state index in [0.717, 1.165) is 0 Å². The van der Waals surface area contributed by atoms with Crippen molar-refractivity contribution < 1.29 is 29.3 Å². The number of fused-ring (bicyclic) bond motifs is 2. The minimum absolute atomic E-state index is 0.0226. The molecule has 3 aliphatic rings. The molecule has 1 aromatic carbocycles. The van der Waals surface area contributed by atoms with Crippen LogP contribution in [0.25, 0.3) is 5.57 Å². The molecule has 0 bridgehead atoms. The van der Waals surface area contributed by atoms with E-state index < -0.39 is 12.1 Å². The van der Waals surface area contributed by atoms with Gasteiger partial charge in [-0.25, -0.2) is 0 Å². The Balaban J connectivity index is 1.98. The molecule has 2 atom stereocenters. The molecular weight excluding hydrogens is 360 g/mol. The molecule has 0 amide bonds. The summed E-state index contributed by atoms with van der Waals surface area (Å²) in [7, 11) is 0. The van der Waals surface area contributed by atoms with Crippen molar-refractivity contribution in [1.82, 2.24) is 0 Å². The molecule has 0 spiro atoms. The molecule has 2 unspecified atom stereocenters. The molecule has 2 aliphatic carbocycles. The van der Waals surface area contributed by atoms with E-state index in [0.29, 0.717) is 22.5 Å². The van der Waals surface area contributed by atoms with Crippen LogP contribution in [-0.2, 0) is 9.53 Å². The van der Waals surface area contributed by atoms with Gasteiger partial charge in [-0.1, -0.05) is 18.2 Å². The van der Waals surface area contributed by atoms with E-state index >= 15 is 0 Å². The fraction of sp³-hybridized carbons (Fsp3) is 0.136. The van der Waals surface area contributed by atoms with Crippen LogP contribution >= 0.6 is 0 Å². The summed E-state index contributed by atoms with van der Waals surface area (Å²) < 4.78 is 5.88. The standard InChI is InChI=1S/C22H16O6/c1-11(23)12-2-5-15(18(8-12)22(26)27)21-16-6-3-13(24)9-19(16)28-20-10-14(25)4-7-17(20)21/h2-10,16,19,24H,1H3,(H,26,27)/p-1. The zero-order valence-electron chi connectivity index (χ0n) is 14.8. The second-order valence-electron chi connectivity index (χ2n) is 6.73. The fourth-order valence-corrected chi connectivity index (χ4v) is 3.65. The van der Waals surface area contributed by atoms with Gasteiger partial charge in [-0.15, -0.1) is 0 Å². The van der Waals surface area contributed by atoms with Crippen LogP contribution in [0.15, 0.2) is 71.7 Å². The van der Waals surface area contributed by atoms with Gasteiger partial charge in [-0.05, 0) is 48.4 Å². The molecule has 0 saturated heterocycles. The highest BCUT2D eigenvalue weighted by Crippen LogP contribution is 2.44. The highest BCUT2D eigenvalue weighted by atomic mass is 16.5. The van der Waals surface area contributed by atoms with Crippen LogP contribution in [0.5, 0.6) is 0 Å². The molecule has 28 heavy (non-hydrogen) atoms. The fourth-order valence-electron chi connectivity index (χ4n) is 3.65. The molecule has 6 nitrogen and oxygen atoms in total. The van der Waals surface area contributed by atoms with Crippen molar-refractivity contribution in [3.05, 3.63) is 88.4 Å². The van der Waals surface area contributed by atoms with Crippen molar-refractivity contribution in [3.63, 3.8) is 0 Å². The first-order valence-corrected chi connectivity index (χ1v) is 8.66. The Labute approximate surface area is 160 Å². The average molecular weight is 375 g/mol. The molecular formula is C22H15O6-. The first-order chi connectivity index (χ1) is 13.3. The van der Waals surface area contributed by atoms with Crippen molar-refractivity contribution in [1.29, 1.82) is 0 Å². The lowest BCUT2D eigenvalue weighted by molar-refractivity contribution is -0.255.